The van der Waals surface area contributed by atoms with Crippen molar-refractivity contribution in [2.45, 2.75) is 51.6 Å². The van der Waals surface area contributed by atoms with Crippen molar-refractivity contribution in [1.82, 2.24) is 10.2 Å². The minimum Gasteiger partial charge on any atom is -0.469 e. The lowest BCUT2D eigenvalue weighted by molar-refractivity contribution is 0.0684. The fourth-order valence-electron chi connectivity index (χ4n) is 2.88. The van der Waals surface area contributed by atoms with Crippen LogP contribution < -0.4 is 5.32 Å². The van der Waals surface area contributed by atoms with Crippen LogP contribution in [-0.4, -0.2) is 36.5 Å². The van der Waals surface area contributed by atoms with Gasteiger partial charge in [-0.2, -0.15) is 0 Å². The van der Waals surface area contributed by atoms with Crippen LogP contribution >= 0.6 is 0 Å². The van der Waals surface area contributed by atoms with Crippen LogP contribution in [0.25, 0.3) is 0 Å². The molecule has 4 nitrogen and oxygen atoms in total. The molecule has 1 aromatic rings. The summed E-state index contributed by atoms with van der Waals surface area (Å²) in [6.07, 6.45) is 6.02. The van der Waals surface area contributed by atoms with E-state index in [1.807, 2.05) is 24.9 Å². The standard InChI is InChI=1S/C15H24N2O2/c1-4-16-13-5-7-14(8-6-13)17(3)15(18)12-9-11(2)19-10-12/h9-10,13-14,16H,4-8H2,1-3H3. The first-order valence-corrected chi connectivity index (χ1v) is 7.17. The molecule has 0 radical (unpaired) electrons. The first-order valence-electron chi connectivity index (χ1n) is 7.17. The third-order valence-electron chi connectivity index (χ3n) is 4.04. The van der Waals surface area contributed by atoms with Gasteiger partial charge in [-0.1, -0.05) is 6.92 Å². The molecule has 0 aromatic carbocycles. The summed E-state index contributed by atoms with van der Waals surface area (Å²) < 4.78 is 5.21. The molecule has 1 heterocycles. The Morgan fingerprint density at radius 1 is 1.42 bits per heavy atom. The van der Waals surface area contributed by atoms with Crippen LogP contribution in [0.4, 0.5) is 0 Å². The summed E-state index contributed by atoms with van der Waals surface area (Å²) in [6.45, 7) is 5.03. The lowest BCUT2D eigenvalue weighted by Crippen LogP contribution is -2.43. The van der Waals surface area contributed by atoms with Crippen LogP contribution in [0.3, 0.4) is 0 Å². The molecule has 1 N–H and O–H groups in total. The molecular weight excluding hydrogens is 240 g/mol. The van der Waals surface area contributed by atoms with Crippen LogP contribution in [0.2, 0.25) is 0 Å². The van der Waals surface area contributed by atoms with E-state index in [0.29, 0.717) is 17.6 Å². The zero-order chi connectivity index (χ0) is 13.8. The van der Waals surface area contributed by atoms with Crippen LogP contribution in [0.1, 0.15) is 48.7 Å². The van der Waals surface area contributed by atoms with Gasteiger partial charge in [0, 0.05) is 19.1 Å². The number of hydrogen-bond acceptors (Lipinski definition) is 3. The molecule has 0 unspecified atom stereocenters. The summed E-state index contributed by atoms with van der Waals surface area (Å²) in [4.78, 5) is 14.2. The monoisotopic (exact) mass is 264 g/mol. The maximum atomic E-state index is 12.3. The largest absolute Gasteiger partial charge is 0.469 e. The van der Waals surface area contributed by atoms with Gasteiger partial charge in [0.15, 0.2) is 0 Å². The van der Waals surface area contributed by atoms with Crippen LogP contribution in [0, 0.1) is 6.92 Å². The maximum Gasteiger partial charge on any atom is 0.257 e. The first kappa shape index (κ1) is 14.1. The molecular formula is C15H24N2O2. The Bertz CT molecular complexity index is 420. The highest BCUT2D eigenvalue weighted by molar-refractivity contribution is 5.94. The fraction of sp³-hybridized carbons (Fsp3) is 0.667. The van der Waals surface area contributed by atoms with Crippen molar-refractivity contribution in [3.8, 4) is 0 Å². The average molecular weight is 264 g/mol. The Morgan fingerprint density at radius 2 is 2.11 bits per heavy atom. The molecule has 1 amide bonds. The van der Waals surface area contributed by atoms with Gasteiger partial charge in [-0.25, -0.2) is 0 Å². The predicted molar refractivity (Wildman–Crippen MR) is 75.3 cm³/mol. The molecule has 2 rings (SSSR count). The number of aryl methyl sites for hydroxylation is 1. The van der Waals surface area contributed by atoms with E-state index in [1.165, 1.54) is 0 Å². The van der Waals surface area contributed by atoms with Gasteiger partial charge in [0.1, 0.15) is 12.0 Å². The summed E-state index contributed by atoms with van der Waals surface area (Å²) in [6, 6.07) is 2.79. The van der Waals surface area contributed by atoms with Crippen LogP contribution in [0.5, 0.6) is 0 Å². The second-order valence-corrected chi connectivity index (χ2v) is 5.43. The van der Waals surface area contributed by atoms with Gasteiger partial charge in [0.2, 0.25) is 0 Å². The Morgan fingerprint density at radius 3 is 2.63 bits per heavy atom. The molecule has 1 aromatic heterocycles. The Hall–Kier alpha value is -1.29. The van der Waals surface area contributed by atoms with Gasteiger partial charge < -0.3 is 14.6 Å². The molecule has 0 bridgehead atoms. The van der Waals surface area contributed by atoms with Gasteiger partial charge >= 0.3 is 0 Å². The molecule has 0 atom stereocenters. The normalized spacial score (nSPS) is 23.3. The third kappa shape index (κ3) is 3.38. The smallest absolute Gasteiger partial charge is 0.257 e. The van der Waals surface area contributed by atoms with Crippen molar-refractivity contribution >= 4 is 5.91 Å². The summed E-state index contributed by atoms with van der Waals surface area (Å²) in [5, 5.41) is 3.49. The lowest BCUT2D eigenvalue weighted by atomic mass is 9.90. The highest BCUT2D eigenvalue weighted by Crippen LogP contribution is 2.23. The molecule has 0 saturated heterocycles. The SMILES string of the molecule is CCNC1CCC(N(C)C(=O)c2coc(C)c2)CC1. The summed E-state index contributed by atoms with van der Waals surface area (Å²) in [5.41, 5.74) is 0.661. The number of nitrogens with one attached hydrogen (secondary N) is 1. The first-order chi connectivity index (χ1) is 9.11. The zero-order valence-corrected chi connectivity index (χ0v) is 12.1. The molecule has 1 fully saturated rings. The number of furan rings is 1. The predicted octanol–water partition coefficient (Wildman–Crippen LogP) is 2.58. The molecule has 1 saturated carbocycles. The fourth-order valence-corrected chi connectivity index (χ4v) is 2.88. The molecule has 4 heteroatoms. The zero-order valence-electron chi connectivity index (χ0n) is 12.1. The number of amides is 1. The average Bonchev–Trinajstić information content (AvgIpc) is 2.85. The van der Waals surface area contributed by atoms with Crippen molar-refractivity contribution in [3.63, 3.8) is 0 Å². The van der Waals surface area contributed by atoms with Crippen molar-refractivity contribution in [1.29, 1.82) is 0 Å². The van der Waals surface area contributed by atoms with E-state index >= 15 is 0 Å². The van der Waals surface area contributed by atoms with Gasteiger partial charge in [0.05, 0.1) is 5.56 Å². The Balaban J connectivity index is 1.90. The molecule has 19 heavy (non-hydrogen) atoms. The second kappa shape index (κ2) is 6.24. The molecule has 1 aliphatic rings. The second-order valence-electron chi connectivity index (χ2n) is 5.43. The van der Waals surface area contributed by atoms with E-state index in [4.69, 9.17) is 4.42 Å². The Kier molecular flexibility index (Phi) is 4.64. The van der Waals surface area contributed by atoms with Gasteiger partial charge in [-0.05, 0) is 45.2 Å². The highest BCUT2D eigenvalue weighted by atomic mass is 16.3. The number of carbonyl (C=O) groups is 1. The quantitative estimate of drug-likeness (QED) is 0.909. The summed E-state index contributed by atoms with van der Waals surface area (Å²) in [7, 11) is 1.91. The third-order valence-corrected chi connectivity index (χ3v) is 4.04. The topological polar surface area (TPSA) is 45.5 Å². The molecule has 106 valence electrons. The van der Waals surface area contributed by atoms with E-state index in [2.05, 4.69) is 12.2 Å². The number of nitrogens with zero attached hydrogens (tertiary/aromatic N) is 1. The molecule has 1 aliphatic carbocycles. The minimum atomic E-state index is 0.0729. The molecule has 0 spiro atoms. The number of carbonyl (C=O) groups excluding carboxylic acids is 1. The Labute approximate surface area is 115 Å². The van der Waals surface area contributed by atoms with E-state index in [-0.39, 0.29) is 5.91 Å². The van der Waals surface area contributed by atoms with E-state index in [9.17, 15) is 4.79 Å². The lowest BCUT2D eigenvalue weighted by Gasteiger charge is -2.34. The van der Waals surface area contributed by atoms with Gasteiger partial charge in [-0.3, -0.25) is 4.79 Å². The summed E-state index contributed by atoms with van der Waals surface area (Å²) >= 11 is 0. The van der Waals surface area contributed by atoms with Gasteiger partial charge in [0.25, 0.3) is 5.91 Å². The van der Waals surface area contributed by atoms with Crippen molar-refractivity contribution < 1.29 is 9.21 Å². The highest BCUT2D eigenvalue weighted by Gasteiger charge is 2.27. The van der Waals surface area contributed by atoms with Gasteiger partial charge in [-0.15, -0.1) is 0 Å². The van der Waals surface area contributed by atoms with Crippen LogP contribution in [0.15, 0.2) is 16.7 Å². The van der Waals surface area contributed by atoms with E-state index in [1.54, 1.807) is 6.26 Å². The maximum absolute atomic E-state index is 12.3. The number of hydrogen-bond donors (Lipinski definition) is 1. The minimum absolute atomic E-state index is 0.0729. The van der Waals surface area contributed by atoms with Crippen molar-refractivity contribution in [3.05, 3.63) is 23.7 Å². The van der Waals surface area contributed by atoms with Crippen molar-refractivity contribution in [2.75, 3.05) is 13.6 Å². The molecule has 0 aliphatic heterocycles. The van der Waals surface area contributed by atoms with Crippen LogP contribution in [-0.2, 0) is 0 Å². The van der Waals surface area contributed by atoms with E-state index in [0.717, 1.165) is 38.0 Å². The number of rotatable bonds is 4. The summed E-state index contributed by atoms with van der Waals surface area (Å²) in [5.74, 6) is 0.858. The van der Waals surface area contributed by atoms with Crippen molar-refractivity contribution in [2.24, 2.45) is 0 Å². The van der Waals surface area contributed by atoms with E-state index < -0.39 is 0 Å².